The second kappa shape index (κ2) is 3.94. The van der Waals surface area contributed by atoms with Crippen molar-refractivity contribution in [1.29, 1.82) is 0 Å². The van der Waals surface area contributed by atoms with Crippen LogP contribution in [0.5, 0.6) is 5.75 Å². The molecule has 4 rings (SSSR count). The molecule has 1 aliphatic rings. The first-order chi connectivity index (χ1) is 9.40. The summed E-state index contributed by atoms with van der Waals surface area (Å²) in [6.07, 6.45) is 3.05. The van der Waals surface area contributed by atoms with E-state index in [2.05, 4.69) is 25.3 Å². The molecule has 0 bridgehead atoms. The lowest BCUT2D eigenvalue weighted by molar-refractivity contribution is 0.202. The molecule has 1 atom stereocenters. The number of ether oxygens (including phenoxy) is 1. The highest BCUT2D eigenvalue weighted by Crippen LogP contribution is 2.33. The Balaban J connectivity index is 1.70. The molecule has 94 valence electrons. The molecule has 3 aromatic rings. The summed E-state index contributed by atoms with van der Waals surface area (Å²) in [6, 6.07) is 7.87. The standard InChI is InChI=1S/C13H11N5O/c1-2-4-10-8(3-1)15-6-11(19-10)13-17-9-5-14-7-16-12(9)18-13/h1-5,7,11,15H,6H2,(H,14,16,17,18). The number of aromatic nitrogens is 4. The van der Waals surface area contributed by atoms with Crippen LogP contribution in [-0.4, -0.2) is 26.5 Å². The number of aromatic amines is 1. The second-order valence-corrected chi connectivity index (χ2v) is 4.37. The van der Waals surface area contributed by atoms with Gasteiger partial charge < -0.3 is 15.0 Å². The van der Waals surface area contributed by atoms with Crippen molar-refractivity contribution in [2.75, 3.05) is 11.9 Å². The van der Waals surface area contributed by atoms with E-state index in [0.717, 1.165) is 22.8 Å². The second-order valence-electron chi connectivity index (χ2n) is 4.37. The highest BCUT2D eigenvalue weighted by molar-refractivity contribution is 5.69. The smallest absolute Gasteiger partial charge is 0.180 e. The van der Waals surface area contributed by atoms with Crippen LogP contribution in [0.25, 0.3) is 11.2 Å². The van der Waals surface area contributed by atoms with Crippen LogP contribution in [0.1, 0.15) is 11.9 Å². The van der Waals surface area contributed by atoms with Crippen LogP contribution in [0.4, 0.5) is 5.69 Å². The number of benzene rings is 1. The van der Waals surface area contributed by atoms with Gasteiger partial charge in [0.2, 0.25) is 0 Å². The van der Waals surface area contributed by atoms with Crippen LogP contribution in [0.2, 0.25) is 0 Å². The molecule has 1 aromatic carbocycles. The number of imidazole rings is 1. The van der Waals surface area contributed by atoms with Gasteiger partial charge in [0.15, 0.2) is 17.6 Å². The topological polar surface area (TPSA) is 75.7 Å². The molecule has 0 amide bonds. The van der Waals surface area contributed by atoms with E-state index in [1.807, 2.05) is 24.3 Å². The van der Waals surface area contributed by atoms with E-state index in [0.29, 0.717) is 12.2 Å². The molecule has 2 N–H and O–H groups in total. The Morgan fingerprint density at radius 1 is 1.26 bits per heavy atom. The summed E-state index contributed by atoms with van der Waals surface area (Å²) in [5.74, 6) is 1.60. The molecule has 0 aliphatic carbocycles. The summed E-state index contributed by atoms with van der Waals surface area (Å²) >= 11 is 0. The summed E-state index contributed by atoms with van der Waals surface area (Å²) in [6.45, 7) is 0.671. The molecule has 0 spiro atoms. The predicted octanol–water partition coefficient (Wildman–Crippen LogP) is 1.90. The predicted molar refractivity (Wildman–Crippen MR) is 70.0 cm³/mol. The van der Waals surface area contributed by atoms with Gasteiger partial charge in [0, 0.05) is 0 Å². The van der Waals surface area contributed by atoms with Gasteiger partial charge in [0.25, 0.3) is 0 Å². The van der Waals surface area contributed by atoms with E-state index in [1.54, 1.807) is 6.20 Å². The van der Waals surface area contributed by atoms with Gasteiger partial charge in [-0.1, -0.05) is 12.1 Å². The van der Waals surface area contributed by atoms with Crippen molar-refractivity contribution in [3.05, 3.63) is 42.6 Å². The Hall–Kier alpha value is -2.63. The van der Waals surface area contributed by atoms with Crippen molar-refractivity contribution < 1.29 is 4.74 Å². The highest BCUT2D eigenvalue weighted by atomic mass is 16.5. The fraction of sp³-hybridized carbons (Fsp3) is 0.154. The van der Waals surface area contributed by atoms with Gasteiger partial charge in [0.1, 0.15) is 17.6 Å². The molecular formula is C13H11N5O. The first kappa shape index (κ1) is 10.3. The maximum atomic E-state index is 5.94. The summed E-state index contributed by atoms with van der Waals surface area (Å²) < 4.78 is 5.94. The van der Waals surface area contributed by atoms with Crippen molar-refractivity contribution in [2.24, 2.45) is 0 Å². The number of hydrogen-bond donors (Lipinski definition) is 2. The van der Waals surface area contributed by atoms with Crippen LogP contribution in [0.15, 0.2) is 36.8 Å². The molecule has 6 nitrogen and oxygen atoms in total. The summed E-state index contributed by atoms with van der Waals surface area (Å²) in [7, 11) is 0. The number of rotatable bonds is 1. The third-order valence-electron chi connectivity index (χ3n) is 3.12. The van der Waals surface area contributed by atoms with Gasteiger partial charge in [-0.2, -0.15) is 0 Å². The van der Waals surface area contributed by atoms with Crippen LogP contribution >= 0.6 is 0 Å². The van der Waals surface area contributed by atoms with E-state index in [1.165, 1.54) is 6.33 Å². The average Bonchev–Trinajstić information content (AvgIpc) is 2.90. The van der Waals surface area contributed by atoms with Crippen molar-refractivity contribution in [1.82, 2.24) is 19.9 Å². The minimum atomic E-state index is -0.149. The third kappa shape index (κ3) is 1.69. The van der Waals surface area contributed by atoms with Crippen molar-refractivity contribution >= 4 is 16.9 Å². The van der Waals surface area contributed by atoms with E-state index < -0.39 is 0 Å². The number of hydrogen-bond acceptors (Lipinski definition) is 5. The number of fused-ring (bicyclic) bond motifs is 2. The van der Waals surface area contributed by atoms with Crippen molar-refractivity contribution in [3.8, 4) is 5.75 Å². The summed E-state index contributed by atoms with van der Waals surface area (Å²) in [5.41, 5.74) is 2.49. The highest BCUT2D eigenvalue weighted by Gasteiger charge is 2.23. The Morgan fingerprint density at radius 3 is 3.16 bits per heavy atom. The molecule has 1 aliphatic heterocycles. The molecule has 0 saturated carbocycles. The SMILES string of the molecule is c1ccc2c(c1)NCC(c1nc3ncncc3[nH]1)O2. The molecule has 1 unspecified atom stereocenters. The number of anilines is 1. The fourth-order valence-corrected chi connectivity index (χ4v) is 2.20. The molecule has 2 aromatic heterocycles. The zero-order valence-electron chi connectivity index (χ0n) is 10.00. The first-order valence-corrected chi connectivity index (χ1v) is 6.05. The quantitative estimate of drug-likeness (QED) is 0.692. The lowest BCUT2D eigenvalue weighted by Gasteiger charge is -2.25. The molecule has 19 heavy (non-hydrogen) atoms. The van der Waals surface area contributed by atoms with Gasteiger partial charge in [-0.05, 0) is 12.1 Å². The first-order valence-electron chi connectivity index (χ1n) is 6.05. The summed E-state index contributed by atoms with van der Waals surface area (Å²) in [4.78, 5) is 15.7. The Labute approximate surface area is 108 Å². The third-order valence-corrected chi connectivity index (χ3v) is 3.12. The number of para-hydroxylation sites is 2. The van der Waals surface area contributed by atoms with Crippen LogP contribution in [0, 0.1) is 0 Å². The maximum Gasteiger partial charge on any atom is 0.180 e. The van der Waals surface area contributed by atoms with Gasteiger partial charge >= 0.3 is 0 Å². The van der Waals surface area contributed by atoms with Crippen molar-refractivity contribution in [2.45, 2.75) is 6.10 Å². The van der Waals surface area contributed by atoms with E-state index >= 15 is 0 Å². The van der Waals surface area contributed by atoms with Gasteiger partial charge in [-0.3, -0.25) is 0 Å². The maximum absolute atomic E-state index is 5.94. The lowest BCUT2D eigenvalue weighted by atomic mass is 10.2. The Kier molecular flexibility index (Phi) is 2.14. The molecular weight excluding hydrogens is 242 g/mol. The molecule has 3 heterocycles. The minimum absolute atomic E-state index is 0.149. The fourth-order valence-electron chi connectivity index (χ4n) is 2.20. The number of nitrogens with zero attached hydrogens (tertiary/aromatic N) is 3. The molecule has 0 saturated heterocycles. The Bertz CT molecular complexity index is 705. The Morgan fingerprint density at radius 2 is 2.21 bits per heavy atom. The van der Waals surface area contributed by atoms with Gasteiger partial charge in [-0.15, -0.1) is 0 Å². The van der Waals surface area contributed by atoms with Crippen LogP contribution in [0.3, 0.4) is 0 Å². The van der Waals surface area contributed by atoms with Crippen LogP contribution in [-0.2, 0) is 0 Å². The largest absolute Gasteiger partial charge is 0.478 e. The van der Waals surface area contributed by atoms with Gasteiger partial charge in [-0.25, -0.2) is 15.0 Å². The normalized spacial score (nSPS) is 17.6. The average molecular weight is 253 g/mol. The minimum Gasteiger partial charge on any atom is -0.478 e. The van der Waals surface area contributed by atoms with Gasteiger partial charge in [0.05, 0.1) is 18.4 Å². The molecule has 0 radical (unpaired) electrons. The number of nitrogens with one attached hydrogen (secondary N) is 2. The lowest BCUT2D eigenvalue weighted by Crippen LogP contribution is -2.24. The monoisotopic (exact) mass is 253 g/mol. The van der Waals surface area contributed by atoms with E-state index in [-0.39, 0.29) is 6.10 Å². The summed E-state index contributed by atoms with van der Waals surface area (Å²) in [5, 5.41) is 3.33. The molecule has 6 heteroatoms. The van der Waals surface area contributed by atoms with Crippen molar-refractivity contribution in [3.63, 3.8) is 0 Å². The number of H-pyrrole nitrogens is 1. The molecule has 0 fully saturated rings. The van der Waals surface area contributed by atoms with Crippen LogP contribution < -0.4 is 10.1 Å². The zero-order valence-corrected chi connectivity index (χ0v) is 10.00. The van der Waals surface area contributed by atoms with E-state index in [9.17, 15) is 0 Å². The zero-order chi connectivity index (χ0) is 12.7. The van der Waals surface area contributed by atoms with E-state index in [4.69, 9.17) is 4.74 Å².